The van der Waals surface area contributed by atoms with Crippen molar-refractivity contribution in [2.45, 2.75) is 44.7 Å². The van der Waals surface area contributed by atoms with Crippen LogP contribution in [0.1, 0.15) is 43.2 Å². The Morgan fingerprint density at radius 1 is 1.30 bits per heavy atom. The Bertz CT molecular complexity index is 484. The summed E-state index contributed by atoms with van der Waals surface area (Å²) < 4.78 is 13.8. The Kier molecular flexibility index (Phi) is 5.51. The molecule has 1 aromatic rings. The van der Waals surface area contributed by atoms with E-state index in [1.807, 2.05) is 6.07 Å². The number of nitrogens with zero attached hydrogens (tertiary/aromatic N) is 1. The van der Waals surface area contributed by atoms with Crippen LogP contribution >= 0.6 is 0 Å². The zero-order valence-corrected chi connectivity index (χ0v) is 11.6. The Morgan fingerprint density at radius 3 is 2.80 bits per heavy atom. The molecular weight excluding hydrogens is 255 g/mol. The molecule has 108 valence electrons. The summed E-state index contributed by atoms with van der Waals surface area (Å²) in [5.74, 6) is -0.0790. The van der Waals surface area contributed by atoms with Crippen LogP contribution in [0, 0.1) is 23.1 Å². The highest BCUT2D eigenvalue weighted by Crippen LogP contribution is 2.23. The standard InChI is InChI=1S/C16H21FN2O/c17-15-8-12(9-18)6-7-13(15)10-19-16-5-3-1-2-4-14(16)11-20/h6-8,14,16,19-20H,1-5,10-11H2. The van der Waals surface area contributed by atoms with Crippen LogP contribution in [0.3, 0.4) is 0 Å². The number of hydrogen-bond donors (Lipinski definition) is 2. The number of nitriles is 1. The first-order valence-corrected chi connectivity index (χ1v) is 7.27. The SMILES string of the molecule is N#Cc1ccc(CNC2CCCCCC2CO)c(F)c1. The van der Waals surface area contributed by atoms with E-state index in [0.29, 0.717) is 17.7 Å². The van der Waals surface area contributed by atoms with E-state index in [1.54, 1.807) is 12.1 Å². The molecule has 1 fully saturated rings. The first-order valence-electron chi connectivity index (χ1n) is 7.27. The fraction of sp³-hybridized carbons (Fsp3) is 0.562. The molecule has 2 atom stereocenters. The van der Waals surface area contributed by atoms with Gasteiger partial charge in [-0.1, -0.05) is 25.3 Å². The zero-order chi connectivity index (χ0) is 14.4. The van der Waals surface area contributed by atoms with Gasteiger partial charge < -0.3 is 10.4 Å². The molecule has 0 aromatic heterocycles. The van der Waals surface area contributed by atoms with Crippen LogP contribution in [-0.4, -0.2) is 17.8 Å². The summed E-state index contributed by atoms with van der Waals surface area (Å²) in [4.78, 5) is 0. The summed E-state index contributed by atoms with van der Waals surface area (Å²) in [5, 5.41) is 21.6. The van der Waals surface area contributed by atoms with E-state index >= 15 is 0 Å². The molecule has 0 radical (unpaired) electrons. The van der Waals surface area contributed by atoms with Crippen LogP contribution in [-0.2, 0) is 6.54 Å². The number of nitrogens with one attached hydrogen (secondary N) is 1. The molecule has 1 aliphatic rings. The number of benzene rings is 1. The zero-order valence-electron chi connectivity index (χ0n) is 11.6. The van der Waals surface area contributed by atoms with Crippen molar-refractivity contribution in [2.24, 2.45) is 5.92 Å². The molecule has 1 aromatic carbocycles. The van der Waals surface area contributed by atoms with E-state index in [1.165, 1.54) is 12.5 Å². The topological polar surface area (TPSA) is 56.0 Å². The van der Waals surface area contributed by atoms with Crippen molar-refractivity contribution in [1.29, 1.82) is 5.26 Å². The van der Waals surface area contributed by atoms with E-state index in [0.717, 1.165) is 25.7 Å². The number of hydrogen-bond acceptors (Lipinski definition) is 3. The van der Waals surface area contributed by atoms with Gasteiger partial charge in [0.05, 0.1) is 11.6 Å². The van der Waals surface area contributed by atoms with Gasteiger partial charge in [-0.2, -0.15) is 5.26 Å². The third kappa shape index (κ3) is 3.78. The normalized spacial score (nSPS) is 23.1. The van der Waals surface area contributed by atoms with Gasteiger partial charge in [0.25, 0.3) is 0 Å². The fourth-order valence-electron chi connectivity index (χ4n) is 2.87. The summed E-state index contributed by atoms with van der Waals surface area (Å²) in [5.41, 5.74) is 0.916. The van der Waals surface area contributed by atoms with Gasteiger partial charge in [-0.15, -0.1) is 0 Å². The molecule has 0 saturated heterocycles. The van der Waals surface area contributed by atoms with Gasteiger partial charge in [0.1, 0.15) is 5.82 Å². The number of aliphatic hydroxyl groups excluding tert-OH is 1. The van der Waals surface area contributed by atoms with Gasteiger partial charge in [0, 0.05) is 24.8 Å². The van der Waals surface area contributed by atoms with Crippen LogP contribution in [0.2, 0.25) is 0 Å². The largest absolute Gasteiger partial charge is 0.396 e. The lowest BCUT2D eigenvalue weighted by Crippen LogP contribution is -2.37. The molecule has 0 spiro atoms. The average molecular weight is 276 g/mol. The first kappa shape index (κ1) is 15.0. The van der Waals surface area contributed by atoms with Crippen molar-refractivity contribution in [1.82, 2.24) is 5.32 Å². The second kappa shape index (κ2) is 7.37. The molecule has 0 bridgehead atoms. The van der Waals surface area contributed by atoms with Crippen molar-refractivity contribution in [3.8, 4) is 6.07 Å². The van der Waals surface area contributed by atoms with Crippen molar-refractivity contribution in [2.75, 3.05) is 6.61 Å². The molecular formula is C16H21FN2O. The lowest BCUT2D eigenvalue weighted by Gasteiger charge is -2.24. The molecule has 1 aliphatic carbocycles. The second-order valence-electron chi connectivity index (χ2n) is 5.49. The lowest BCUT2D eigenvalue weighted by molar-refractivity contribution is 0.181. The third-order valence-corrected chi connectivity index (χ3v) is 4.13. The van der Waals surface area contributed by atoms with Crippen molar-refractivity contribution < 1.29 is 9.50 Å². The highest BCUT2D eigenvalue weighted by molar-refractivity contribution is 5.32. The summed E-state index contributed by atoms with van der Waals surface area (Å²) in [7, 11) is 0. The Hall–Kier alpha value is -1.44. The van der Waals surface area contributed by atoms with E-state index in [9.17, 15) is 9.50 Å². The van der Waals surface area contributed by atoms with Gasteiger partial charge in [-0.05, 0) is 30.9 Å². The molecule has 2 N–H and O–H groups in total. The molecule has 1 saturated carbocycles. The highest BCUT2D eigenvalue weighted by Gasteiger charge is 2.22. The smallest absolute Gasteiger partial charge is 0.129 e. The number of aliphatic hydroxyl groups is 1. The van der Waals surface area contributed by atoms with Crippen LogP contribution in [0.5, 0.6) is 0 Å². The second-order valence-corrected chi connectivity index (χ2v) is 5.49. The summed E-state index contributed by atoms with van der Waals surface area (Å²) in [6.45, 7) is 0.631. The van der Waals surface area contributed by atoms with E-state index < -0.39 is 0 Å². The fourth-order valence-corrected chi connectivity index (χ4v) is 2.87. The third-order valence-electron chi connectivity index (χ3n) is 4.13. The molecule has 0 aliphatic heterocycles. The predicted molar refractivity (Wildman–Crippen MR) is 75.4 cm³/mol. The maximum atomic E-state index is 13.8. The summed E-state index contributed by atoms with van der Waals surface area (Å²) >= 11 is 0. The van der Waals surface area contributed by atoms with Crippen LogP contribution < -0.4 is 5.32 Å². The monoisotopic (exact) mass is 276 g/mol. The maximum Gasteiger partial charge on any atom is 0.129 e. The molecule has 20 heavy (non-hydrogen) atoms. The molecule has 3 nitrogen and oxygen atoms in total. The maximum absolute atomic E-state index is 13.8. The van der Waals surface area contributed by atoms with E-state index in [2.05, 4.69) is 5.32 Å². The minimum absolute atomic E-state index is 0.188. The van der Waals surface area contributed by atoms with Crippen molar-refractivity contribution in [3.05, 3.63) is 35.1 Å². The number of rotatable bonds is 4. The highest BCUT2D eigenvalue weighted by atomic mass is 19.1. The first-order chi connectivity index (χ1) is 9.74. The van der Waals surface area contributed by atoms with Crippen LogP contribution in [0.4, 0.5) is 4.39 Å². The van der Waals surface area contributed by atoms with Crippen LogP contribution in [0.25, 0.3) is 0 Å². The lowest BCUT2D eigenvalue weighted by atomic mass is 9.95. The van der Waals surface area contributed by atoms with Crippen LogP contribution in [0.15, 0.2) is 18.2 Å². The van der Waals surface area contributed by atoms with Gasteiger partial charge in [-0.3, -0.25) is 0 Å². The van der Waals surface area contributed by atoms with Gasteiger partial charge in [-0.25, -0.2) is 4.39 Å². The van der Waals surface area contributed by atoms with Crippen molar-refractivity contribution in [3.63, 3.8) is 0 Å². The Morgan fingerprint density at radius 2 is 2.10 bits per heavy atom. The average Bonchev–Trinajstić information content (AvgIpc) is 2.70. The minimum atomic E-state index is -0.342. The van der Waals surface area contributed by atoms with Crippen molar-refractivity contribution >= 4 is 0 Å². The molecule has 0 amide bonds. The molecule has 0 heterocycles. The van der Waals surface area contributed by atoms with E-state index in [-0.39, 0.29) is 24.4 Å². The molecule has 4 heteroatoms. The Labute approximate surface area is 119 Å². The molecule has 2 rings (SSSR count). The quantitative estimate of drug-likeness (QED) is 0.831. The number of halogens is 1. The summed E-state index contributed by atoms with van der Waals surface area (Å²) in [6.07, 6.45) is 5.59. The summed E-state index contributed by atoms with van der Waals surface area (Å²) in [6, 6.07) is 6.74. The van der Waals surface area contributed by atoms with E-state index in [4.69, 9.17) is 5.26 Å². The minimum Gasteiger partial charge on any atom is -0.396 e. The Balaban J connectivity index is 1.98. The molecule has 2 unspecified atom stereocenters. The van der Waals surface area contributed by atoms with Gasteiger partial charge >= 0.3 is 0 Å². The predicted octanol–water partition coefficient (Wildman–Crippen LogP) is 2.73. The van der Waals surface area contributed by atoms with Gasteiger partial charge in [0.15, 0.2) is 0 Å². The van der Waals surface area contributed by atoms with Gasteiger partial charge in [0.2, 0.25) is 0 Å².